The number of hydrogen-bond donors (Lipinski definition) is 2. The summed E-state index contributed by atoms with van der Waals surface area (Å²) in [4.78, 5) is 0.859. The Balaban J connectivity index is 2.63. The zero-order valence-electron chi connectivity index (χ0n) is 6.90. The highest BCUT2D eigenvalue weighted by Gasteiger charge is 2.00. The summed E-state index contributed by atoms with van der Waals surface area (Å²) in [5.74, 6) is 0.740. The van der Waals surface area contributed by atoms with Crippen LogP contribution in [0.5, 0.6) is 5.75 Å². The Labute approximate surface area is 77.6 Å². The molecule has 1 N–H and O–H groups in total. The summed E-state index contributed by atoms with van der Waals surface area (Å²) in [6.45, 7) is 1.84. The predicted octanol–water partition coefficient (Wildman–Crippen LogP) is 1.73. The fraction of sp³-hybridized carbons (Fsp3) is 0.333. The van der Waals surface area contributed by atoms with Gasteiger partial charge in [0.05, 0.1) is 6.61 Å². The van der Waals surface area contributed by atoms with Gasteiger partial charge in [-0.2, -0.15) is 0 Å². The zero-order chi connectivity index (χ0) is 8.97. The topological polar surface area (TPSA) is 29.5 Å². The number of hydrogen-bond acceptors (Lipinski definition) is 3. The fourth-order valence-electron chi connectivity index (χ4n) is 0.826. The second-order valence-electron chi connectivity index (χ2n) is 2.61. The van der Waals surface area contributed by atoms with E-state index in [0.29, 0.717) is 0 Å². The molecule has 0 radical (unpaired) electrons. The number of benzene rings is 1. The van der Waals surface area contributed by atoms with Crippen molar-refractivity contribution >= 4 is 12.6 Å². The van der Waals surface area contributed by atoms with Crippen molar-refractivity contribution in [3.05, 3.63) is 24.3 Å². The Morgan fingerprint density at radius 2 is 2.33 bits per heavy atom. The maximum Gasteiger partial charge on any atom is 0.120 e. The number of rotatable bonds is 3. The molecule has 12 heavy (non-hydrogen) atoms. The maximum atomic E-state index is 8.72. The summed E-state index contributed by atoms with van der Waals surface area (Å²) in [5, 5.41) is 8.72. The molecule has 1 aromatic carbocycles. The Hall–Kier alpha value is -0.670. The van der Waals surface area contributed by atoms with Gasteiger partial charge in [0.1, 0.15) is 11.9 Å². The molecule has 0 saturated carbocycles. The van der Waals surface area contributed by atoms with Crippen LogP contribution < -0.4 is 4.74 Å². The van der Waals surface area contributed by atoms with E-state index in [4.69, 9.17) is 9.84 Å². The van der Waals surface area contributed by atoms with E-state index in [1.807, 2.05) is 31.2 Å². The molecule has 0 aromatic heterocycles. The molecule has 0 aliphatic heterocycles. The quantitative estimate of drug-likeness (QED) is 0.701. The highest BCUT2D eigenvalue weighted by Crippen LogP contribution is 2.16. The van der Waals surface area contributed by atoms with Gasteiger partial charge in [0, 0.05) is 4.90 Å². The van der Waals surface area contributed by atoms with E-state index >= 15 is 0 Å². The molecule has 1 rings (SSSR count). The van der Waals surface area contributed by atoms with E-state index in [9.17, 15) is 0 Å². The lowest BCUT2D eigenvalue weighted by Gasteiger charge is -2.11. The maximum absolute atomic E-state index is 8.72. The van der Waals surface area contributed by atoms with E-state index in [1.165, 1.54) is 0 Å². The van der Waals surface area contributed by atoms with Gasteiger partial charge in [-0.1, -0.05) is 6.07 Å². The molecule has 0 aliphatic rings. The molecule has 0 amide bonds. The van der Waals surface area contributed by atoms with Crippen LogP contribution in [-0.2, 0) is 0 Å². The second-order valence-corrected chi connectivity index (χ2v) is 3.12. The Kier molecular flexibility index (Phi) is 3.44. The average Bonchev–Trinajstić information content (AvgIpc) is 2.04. The lowest BCUT2D eigenvalue weighted by atomic mass is 10.3. The van der Waals surface area contributed by atoms with Crippen molar-refractivity contribution in [2.24, 2.45) is 0 Å². The third-order valence-electron chi connectivity index (χ3n) is 1.41. The molecule has 1 aromatic rings. The number of ether oxygens (including phenoxy) is 1. The van der Waals surface area contributed by atoms with Gasteiger partial charge < -0.3 is 9.84 Å². The lowest BCUT2D eigenvalue weighted by molar-refractivity contribution is 0.129. The van der Waals surface area contributed by atoms with Crippen LogP contribution in [0.1, 0.15) is 6.92 Å². The number of thiol groups is 1. The Bertz CT molecular complexity index is 250. The van der Waals surface area contributed by atoms with Gasteiger partial charge in [0.25, 0.3) is 0 Å². The highest BCUT2D eigenvalue weighted by atomic mass is 32.1. The van der Waals surface area contributed by atoms with Crippen molar-refractivity contribution in [2.45, 2.75) is 17.9 Å². The summed E-state index contributed by atoms with van der Waals surface area (Å²) in [6.07, 6.45) is -0.167. The minimum Gasteiger partial charge on any atom is -0.488 e. The van der Waals surface area contributed by atoms with Crippen LogP contribution in [0, 0.1) is 0 Å². The molecule has 3 heteroatoms. The Morgan fingerprint density at radius 3 is 2.92 bits per heavy atom. The van der Waals surface area contributed by atoms with E-state index in [2.05, 4.69) is 12.6 Å². The van der Waals surface area contributed by atoms with Crippen LogP contribution in [0.4, 0.5) is 0 Å². The predicted molar refractivity (Wildman–Crippen MR) is 50.9 cm³/mol. The molecule has 1 atom stereocenters. The zero-order valence-corrected chi connectivity index (χ0v) is 7.79. The van der Waals surface area contributed by atoms with Gasteiger partial charge in [-0.25, -0.2) is 0 Å². The van der Waals surface area contributed by atoms with Crippen LogP contribution in [0.15, 0.2) is 29.2 Å². The van der Waals surface area contributed by atoms with Crippen molar-refractivity contribution in [1.82, 2.24) is 0 Å². The van der Waals surface area contributed by atoms with Gasteiger partial charge >= 0.3 is 0 Å². The standard InChI is InChI=1S/C9H12O2S/c1-7(6-10)11-8-3-2-4-9(12)5-8/h2-5,7,10,12H,6H2,1H3. The summed E-state index contributed by atoms with van der Waals surface area (Å²) in [6, 6.07) is 7.39. The van der Waals surface area contributed by atoms with Gasteiger partial charge in [-0.3, -0.25) is 0 Å². The minimum absolute atomic E-state index is 0.0246. The third kappa shape index (κ3) is 2.75. The first kappa shape index (κ1) is 9.42. The van der Waals surface area contributed by atoms with Crippen molar-refractivity contribution in [2.75, 3.05) is 6.61 Å². The molecule has 0 bridgehead atoms. The fourth-order valence-corrected chi connectivity index (χ4v) is 1.04. The van der Waals surface area contributed by atoms with E-state index in [1.54, 1.807) is 0 Å². The normalized spacial score (nSPS) is 12.6. The van der Waals surface area contributed by atoms with Gasteiger partial charge in [-0.05, 0) is 25.1 Å². The molecule has 0 spiro atoms. The molecule has 0 saturated heterocycles. The summed E-state index contributed by atoms with van der Waals surface area (Å²) < 4.78 is 5.35. The smallest absolute Gasteiger partial charge is 0.120 e. The number of aliphatic hydroxyl groups is 1. The largest absolute Gasteiger partial charge is 0.488 e. The lowest BCUT2D eigenvalue weighted by Crippen LogP contribution is -2.15. The summed E-state index contributed by atoms with van der Waals surface area (Å²) in [5.41, 5.74) is 0. The molecule has 0 fully saturated rings. The van der Waals surface area contributed by atoms with Crippen LogP contribution in [0.2, 0.25) is 0 Å². The van der Waals surface area contributed by atoms with E-state index in [0.717, 1.165) is 10.6 Å². The molecular weight excluding hydrogens is 172 g/mol. The molecular formula is C9H12O2S. The molecule has 0 heterocycles. The SMILES string of the molecule is CC(CO)Oc1cccc(S)c1. The van der Waals surface area contributed by atoms with Gasteiger partial charge in [-0.15, -0.1) is 12.6 Å². The number of aliphatic hydroxyl groups excluding tert-OH is 1. The molecule has 66 valence electrons. The van der Waals surface area contributed by atoms with Gasteiger partial charge in [0.2, 0.25) is 0 Å². The van der Waals surface area contributed by atoms with Crippen LogP contribution in [0.25, 0.3) is 0 Å². The molecule has 2 nitrogen and oxygen atoms in total. The van der Waals surface area contributed by atoms with Crippen molar-refractivity contribution < 1.29 is 9.84 Å². The van der Waals surface area contributed by atoms with Crippen LogP contribution >= 0.6 is 12.6 Å². The average molecular weight is 184 g/mol. The van der Waals surface area contributed by atoms with Crippen LogP contribution in [-0.4, -0.2) is 17.8 Å². The second kappa shape index (κ2) is 4.38. The summed E-state index contributed by atoms with van der Waals surface area (Å²) >= 11 is 4.16. The monoisotopic (exact) mass is 184 g/mol. The first-order chi connectivity index (χ1) is 5.72. The van der Waals surface area contributed by atoms with Gasteiger partial charge in [0.15, 0.2) is 0 Å². The molecule has 1 unspecified atom stereocenters. The van der Waals surface area contributed by atoms with Crippen molar-refractivity contribution in [3.63, 3.8) is 0 Å². The van der Waals surface area contributed by atoms with Crippen LogP contribution in [0.3, 0.4) is 0 Å². The first-order valence-electron chi connectivity index (χ1n) is 3.79. The van der Waals surface area contributed by atoms with E-state index < -0.39 is 0 Å². The molecule has 0 aliphatic carbocycles. The highest BCUT2D eigenvalue weighted by molar-refractivity contribution is 7.80. The Morgan fingerprint density at radius 1 is 1.58 bits per heavy atom. The van der Waals surface area contributed by atoms with E-state index in [-0.39, 0.29) is 12.7 Å². The van der Waals surface area contributed by atoms with Crippen molar-refractivity contribution in [1.29, 1.82) is 0 Å². The first-order valence-corrected chi connectivity index (χ1v) is 4.23. The van der Waals surface area contributed by atoms with Crippen molar-refractivity contribution in [3.8, 4) is 5.75 Å². The summed E-state index contributed by atoms with van der Waals surface area (Å²) in [7, 11) is 0. The third-order valence-corrected chi connectivity index (χ3v) is 1.69. The minimum atomic E-state index is -0.167.